The number of rotatable bonds is 9. The Morgan fingerprint density at radius 2 is 1.60 bits per heavy atom. The Hall–Kier alpha value is -3.88. The van der Waals surface area contributed by atoms with E-state index >= 15 is 0 Å². The van der Waals surface area contributed by atoms with E-state index in [1.807, 2.05) is 12.1 Å². The van der Waals surface area contributed by atoms with E-state index in [1.54, 1.807) is 0 Å². The summed E-state index contributed by atoms with van der Waals surface area (Å²) in [5, 5.41) is 3.18. The van der Waals surface area contributed by atoms with Crippen molar-refractivity contribution in [3.05, 3.63) is 89.5 Å². The molecule has 0 spiro atoms. The molecule has 222 valence electrons. The van der Waals surface area contributed by atoms with Crippen molar-refractivity contribution in [3.8, 4) is 0 Å². The number of carbonyl (C=O) groups excluding carboxylic acids is 1. The lowest BCUT2D eigenvalue weighted by Crippen LogP contribution is -2.56. The smallest absolute Gasteiger partial charge is 0.222 e. The van der Waals surface area contributed by atoms with Gasteiger partial charge in [-0.25, -0.2) is 4.99 Å². The number of nitrogens with one attached hydrogen (secondary N) is 1. The summed E-state index contributed by atoms with van der Waals surface area (Å²) < 4.78 is 0. The first kappa shape index (κ1) is 29.6. The van der Waals surface area contributed by atoms with E-state index in [1.165, 1.54) is 5.56 Å². The molecule has 0 radical (unpaired) electrons. The highest BCUT2D eigenvalue weighted by Crippen LogP contribution is 2.41. The molecule has 0 aromatic heterocycles. The second-order valence-electron chi connectivity index (χ2n) is 11.9. The Morgan fingerprint density at radius 1 is 0.905 bits per heavy atom. The number of carbonyl (C=O) groups is 1. The van der Waals surface area contributed by atoms with Crippen molar-refractivity contribution in [2.24, 2.45) is 4.99 Å². The number of nitrogens with zero attached hydrogens (tertiary/aromatic N) is 6. The van der Waals surface area contributed by atoms with Gasteiger partial charge in [-0.2, -0.15) is 0 Å². The molecule has 0 aliphatic carbocycles. The maximum absolute atomic E-state index is 13.5. The molecular formula is C34H45N7O. The molecule has 1 fully saturated rings. The summed E-state index contributed by atoms with van der Waals surface area (Å²) in [5.74, 6) is 0.954. The summed E-state index contributed by atoms with van der Waals surface area (Å²) in [6.07, 6.45) is 0.333. The number of aliphatic imine (C=N–C) groups is 1. The fourth-order valence-electron chi connectivity index (χ4n) is 5.61. The molecule has 8 nitrogen and oxygen atoms in total. The van der Waals surface area contributed by atoms with E-state index in [0.717, 1.165) is 73.4 Å². The third-order valence-electron chi connectivity index (χ3n) is 8.20. The zero-order chi connectivity index (χ0) is 29.6. The Labute approximate surface area is 251 Å². The van der Waals surface area contributed by atoms with Gasteiger partial charge in [0.25, 0.3) is 0 Å². The molecule has 0 saturated carbocycles. The van der Waals surface area contributed by atoms with Gasteiger partial charge in [-0.1, -0.05) is 48.0 Å². The number of hydrogen-bond acceptors (Lipinski definition) is 7. The van der Waals surface area contributed by atoms with Gasteiger partial charge in [-0.15, -0.1) is 0 Å². The van der Waals surface area contributed by atoms with Crippen molar-refractivity contribution in [1.82, 2.24) is 20.0 Å². The molecule has 1 unspecified atom stereocenters. The number of fused-ring (bicyclic) bond motifs is 1. The van der Waals surface area contributed by atoms with E-state index in [4.69, 9.17) is 4.99 Å². The molecule has 2 aliphatic heterocycles. The maximum Gasteiger partial charge on any atom is 0.222 e. The minimum atomic E-state index is -0.177. The molecular weight excluding hydrogens is 522 g/mol. The lowest BCUT2D eigenvalue weighted by Gasteiger charge is -2.45. The van der Waals surface area contributed by atoms with Gasteiger partial charge >= 0.3 is 0 Å². The van der Waals surface area contributed by atoms with Crippen molar-refractivity contribution in [2.75, 3.05) is 77.3 Å². The van der Waals surface area contributed by atoms with Crippen LogP contribution in [0.2, 0.25) is 0 Å². The molecule has 0 bridgehead atoms. The van der Waals surface area contributed by atoms with Crippen LogP contribution in [0.5, 0.6) is 0 Å². The lowest BCUT2D eigenvalue weighted by molar-refractivity contribution is -0.121. The topological polar surface area (TPSA) is 57.7 Å². The average Bonchev–Trinajstić information content (AvgIpc) is 3.00. The van der Waals surface area contributed by atoms with Gasteiger partial charge in [0, 0.05) is 76.8 Å². The third-order valence-corrected chi connectivity index (χ3v) is 8.20. The minimum absolute atomic E-state index is 0.0278. The van der Waals surface area contributed by atoms with E-state index in [2.05, 4.69) is 126 Å². The summed E-state index contributed by atoms with van der Waals surface area (Å²) in [6.45, 7) is 8.48. The fraction of sp³-hybridized carbons (Fsp3) is 0.412. The summed E-state index contributed by atoms with van der Waals surface area (Å²) >= 11 is 0. The lowest BCUT2D eigenvalue weighted by atomic mass is 9.97. The van der Waals surface area contributed by atoms with Crippen LogP contribution in [0, 0.1) is 6.92 Å². The van der Waals surface area contributed by atoms with E-state index in [-0.39, 0.29) is 11.9 Å². The number of aryl methyl sites for hydroxylation is 1. The minimum Gasteiger partial charge on any atom is -0.378 e. The van der Waals surface area contributed by atoms with Crippen molar-refractivity contribution in [2.45, 2.75) is 25.9 Å². The Bertz CT molecular complexity index is 1360. The van der Waals surface area contributed by atoms with Gasteiger partial charge in [0.1, 0.15) is 0 Å². The van der Waals surface area contributed by atoms with Crippen molar-refractivity contribution >= 4 is 28.9 Å². The molecule has 8 heteroatoms. The molecule has 3 aromatic rings. The van der Waals surface area contributed by atoms with Crippen LogP contribution in [0.3, 0.4) is 0 Å². The molecule has 1 amide bonds. The number of para-hydroxylation sites is 1. The third kappa shape index (κ3) is 7.12. The summed E-state index contributed by atoms with van der Waals surface area (Å²) in [6, 6.07) is 25.0. The van der Waals surface area contributed by atoms with Gasteiger partial charge in [-0.05, 0) is 56.9 Å². The molecule has 1 N–H and O–H groups in total. The molecule has 1 atom stereocenters. The van der Waals surface area contributed by atoms with E-state index in [0.29, 0.717) is 13.0 Å². The summed E-state index contributed by atoms with van der Waals surface area (Å²) in [5.41, 5.74) is 6.51. The van der Waals surface area contributed by atoms with Crippen LogP contribution < -0.4 is 15.1 Å². The predicted molar refractivity (Wildman–Crippen MR) is 174 cm³/mol. The summed E-state index contributed by atoms with van der Waals surface area (Å²) in [4.78, 5) is 30.3. The van der Waals surface area contributed by atoms with Gasteiger partial charge in [0.2, 0.25) is 11.9 Å². The van der Waals surface area contributed by atoms with Crippen molar-refractivity contribution in [1.29, 1.82) is 0 Å². The number of likely N-dealkylation sites (N-methyl/N-ethyl adjacent to an activating group) is 1. The van der Waals surface area contributed by atoms with Gasteiger partial charge < -0.3 is 24.9 Å². The highest BCUT2D eigenvalue weighted by atomic mass is 16.1. The molecule has 1 saturated heterocycles. The van der Waals surface area contributed by atoms with E-state index in [9.17, 15) is 4.79 Å². The molecule has 42 heavy (non-hydrogen) atoms. The molecule has 5 rings (SSSR count). The first-order valence-electron chi connectivity index (χ1n) is 15.0. The number of piperazine rings is 1. The first-order valence-corrected chi connectivity index (χ1v) is 15.0. The summed E-state index contributed by atoms with van der Waals surface area (Å²) in [7, 11) is 8.36. The van der Waals surface area contributed by atoms with Crippen molar-refractivity contribution < 1.29 is 4.79 Å². The van der Waals surface area contributed by atoms with Crippen LogP contribution in [0.25, 0.3) is 0 Å². The highest BCUT2D eigenvalue weighted by molar-refractivity contribution is 6.01. The van der Waals surface area contributed by atoms with Crippen LogP contribution in [0.1, 0.15) is 29.2 Å². The predicted octanol–water partition coefficient (Wildman–Crippen LogP) is 4.50. The molecule has 2 heterocycles. The van der Waals surface area contributed by atoms with Crippen LogP contribution in [0.4, 0.5) is 17.1 Å². The second kappa shape index (κ2) is 13.4. The zero-order valence-electron chi connectivity index (χ0n) is 25.8. The van der Waals surface area contributed by atoms with Crippen LogP contribution >= 0.6 is 0 Å². The molecule has 2 aliphatic rings. The monoisotopic (exact) mass is 567 g/mol. The number of amides is 1. The first-order chi connectivity index (χ1) is 20.3. The van der Waals surface area contributed by atoms with Gasteiger partial charge in [0.15, 0.2) is 0 Å². The number of anilines is 2. The maximum atomic E-state index is 13.5. The normalized spacial score (nSPS) is 17.2. The Morgan fingerprint density at radius 3 is 2.26 bits per heavy atom. The SMILES string of the molecule is Cc1ccc(CNC(=O)CC2c3ccccc3N=C(N3CCN(CCN(C)C)CC3)N2c2ccc(N(C)C)cc2)cc1. The largest absolute Gasteiger partial charge is 0.378 e. The Balaban J connectivity index is 1.43. The Kier molecular flexibility index (Phi) is 9.45. The average molecular weight is 568 g/mol. The van der Waals surface area contributed by atoms with Gasteiger partial charge in [-0.3, -0.25) is 9.69 Å². The van der Waals surface area contributed by atoms with Gasteiger partial charge in [0.05, 0.1) is 18.2 Å². The molecule has 3 aromatic carbocycles. The van der Waals surface area contributed by atoms with E-state index < -0.39 is 0 Å². The van der Waals surface area contributed by atoms with Crippen molar-refractivity contribution in [3.63, 3.8) is 0 Å². The number of hydrogen-bond donors (Lipinski definition) is 1. The van der Waals surface area contributed by atoms with Crippen LogP contribution in [-0.2, 0) is 11.3 Å². The highest BCUT2D eigenvalue weighted by Gasteiger charge is 2.36. The zero-order valence-corrected chi connectivity index (χ0v) is 25.8. The standard InChI is InChI=1S/C34H45N7O/c1-26-10-12-27(13-11-26)25-35-33(42)24-32-30-8-6-7-9-31(30)36-34(40-22-20-39(21-23-40)19-18-37(2)3)41(32)29-16-14-28(15-17-29)38(4)5/h6-17,32H,18-25H2,1-5H3,(H,35,42). The quantitative estimate of drug-likeness (QED) is 0.411. The fourth-order valence-corrected chi connectivity index (χ4v) is 5.61. The van der Waals surface area contributed by atoms with Crippen LogP contribution in [-0.4, -0.2) is 94.0 Å². The number of benzene rings is 3. The number of guanidine groups is 1. The van der Waals surface area contributed by atoms with Crippen LogP contribution in [0.15, 0.2) is 77.8 Å². The second-order valence-corrected chi connectivity index (χ2v) is 11.9.